The molecule has 7 atom stereocenters. The molecule has 1 amide bonds. The number of Topliss-reactive ketones (excluding diaryl/α,β-unsaturated/α-hetero) is 1. The van der Waals surface area contributed by atoms with Crippen molar-refractivity contribution in [3.05, 3.63) is 23.5 Å². The summed E-state index contributed by atoms with van der Waals surface area (Å²) in [6.07, 6.45) is 12.1. The Morgan fingerprint density at radius 2 is 1.64 bits per heavy atom. The summed E-state index contributed by atoms with van der Waals surface area (Å²) in [4.78, 5) is 43.4. The van der Waals surface area contributed by atoms with E-state index in [-0.39, 0.29) is 56.5 Å². The average molecular weight is 536 g/mol. The highest BCUT2D eigenvalue weighted by Gasteiger charge is 2.71. The first-order valence-corrected chi connectivity index (χ1v) is 15.5. The van der Waals surface area contributed by atoms with Gasteiger partial charge in [-0.05, 0) is 97.4 Å². The first kappa shape index (κ1) is 27.3. The van der Waals surface area contributed by atoms with Gasteiger partial charge in [-0.15, -0.1) is 0 Å². The number of nitrogens with zero attached hydrogens (tertiary/aromatic N) is 1. The Balaban J connectivity index is 1.50. The van der Waals surface area contributed by atoms with E-state index in [0.717, 1.165) is 64.2 Å². The van der Waals surface area contributed by atoms with Crippen LogP contribution in [0.15, 0.2) is 23.5 Å². The third-order valence-corrected chi connectivity index (χ3v) is 13.7. The number of allylic oxidation sites excluding steroid dienone is 3. The number of aliphatic hydroxyl groups excluding tert-OH is 1. The van der Waals surface area contributed by atoms with Gasteiger partial charge in [-0.3, -0.25) is 14.4 Å². The van der Waals surface area contributed by atoms with Gasteiger partial charge in [0, 0.05) is 35.4 Å². The molecule has 0 aromatic rings. The predicted octanol–water partition coefficient (Wildman–Crippen LogP) is 6.96. The van der Waals surface area contributed by atoms with Crippen LogP contribution in [0.25, 0.3) is 0 Å². The van der Waals surface area contributed by atoms with E-state index in [1.54, 1.807) is 0 Å². The highest BCUT2D eigenvalue weighted by atomic mass is 16.2. The topological polar surface area (TPSA) is 74.7 Å². The van der Waals surface area contributed by atoms with Crippen molar-refractivity contribution in [2.24, 2.45) is 44.8 Å². The fraction of sp³-hybridized carbons (Fsp3) is 0.794. The average Bonchev–Trinajstić information content (AvgIpc) is 3.29. The molecule has 0 bridgehead atoms. The third-order valence-electron chi connectivity index (χ3n) is 13.7. The van der Waals surface area contributed by atoms with E-state index in [1.807, 2.05) is 19.9 Å². The van der Waals surface area contributed by atoms with Crippen LogP contribution < -0.4 is 0 Å². The first-order valence-electron chi connectivity index (χ1n) is 15.5. The summed E-state index contributed by atoms with van der Waals surface area (Å²) in [5.74, 6) is 0.789. The molecule has 5 fully saturated rings. The van der Waals surface area contributed by atoms with Gasteiger partial charge < -0.3 is 10.0 Å². The molecule has 214 valence electrons. The van der Waals surface area contributed by atoms with E-state index in [0.29, 0.717) is 24.3 Å². The van der Waals surface area contributed by atoms with Crippen molar-refractivity contribution < 1.29 is 19.5 Å². The van der Waals surface area contributed by atoms with Crippen LogP contribution in [0.4, 0.5) is 0 Å². The summed E-state index contributed by atoms with van der Waals surface area (Å²) < 4.78 is 0. The lowest BCUT2D eigenvalue weighted by Crippen LogP contribution is -2.70. The van der Waals surface area contributed by atoms with Crippen molar-refractivity contribution in [1.29, 1.82) is 0 Å². The SMILES string of the molecule is CC1(C)CC[C@]2(N3CCCC3=O)CC[C@]3(C)[C@H](C(=O)C=C4[C@@]5(C)C/C(=C/O)C(=O)C(C)(C)[C@@H]5CC[C@]43C)[C@@H]2C1. The second-order valence-corrected chi connectivity index (χ2v) is 16.3. The molecule has 5 nitrogen and oxygen atoms in total. The lowest BCUT2D eigenvalue weighted by molar-refractivity contribution is -0.183. The summed E-state index contributed by atoms with van der Waals surface area (Å²) in [6, 6.07) is 0. The minimum Gasteiger partial charge on any atom is -0.515 e. The molecule has 1 saturated heterocycles. The molecule has 6 aliphatic rings. The lowest BCUT2D eigenvalue weighted by atomic mass is 9.34. The number of rotatable bonds is 1. The molecule has 6 rings (SSSR count). The van der Waals surface area contributed by atoms with Crippen molar-refractivity contribution >= 4 is 17.5 Å². The first-order chi connectivity index (χ1) is 18.1. The molecule has 1 N–H and O–H groups in total. The van der Waals surface area contributed by atoms with Gasteiger partial charge in [0.25, 0.3) is 0 Å². The summed E-state index contributed by atoms with van der Waals surface area (Å²) in [7, 11) is 0. The Bertz CT molecular complexity index is 1210. The molecule has 5 heteroatoms. The van der Waals surface area contributed by atoms with Gasteiger partial charge >= 0.3 is 0 Å². The normalized spacial score (nSPS) is 47.7. The molecule has 0 spiro atoms. The lowest BCUT2D eigenvalue weighted by Gasteiger charge is -2.70. The van der Waals surface area contributed by atoms with Gasteiger partial charge in [0.05, 0.1) is 6.26 Å². The molecule has 5 aliphatic carbocycles. The predicted molar refractivity (Wildman–Crippen MR) is 152 cm³/mol. The summed E-state index contributed by atoms with van der Waals surface area (Å²) in [6.45, 7) is 16.7. The van der Waals surface area contributed by atoms with E-state index in [1.165, 1.54) is 5.57 Å². The largest absolute Gasteiger partial charge is 0.515 e. The van der Waals surface area contributed by atoms with E-state index in [2.05, 4.69) is 39.5 Å². The summed E-state index contributed by atoms with van der Waals surface area (Å²) >= 11 is 0. The molecular weight excluding hydrogens is 486 g/mol. The molecule has 0 aromatic heterocycles. The zero-order valence-electron chi connectivity index (χ0n) is 25.3. The van der Waals surface area contributed by atoms with Crippen molar-refractivity contribution in [3.63, 3.8) is 0 Å². The van der Waals surface area contributed by atoms with Crippen LogP contribution in [-0.4, -0.2) is 39.6 Å². The number of amides is 1. The fourth-order valence-electron chi connectivity index (χ4n) is 11.5. The van der Waals surface area contributed by atoms with Crippen LogP contribution in [0.1, 0.15) is 113 Å². The smallest absolute Gasteiger partial charge is 0.223 e. The number of fused-ring (bicyclic) bond motifs is 7. The van der Waals surface area contributed by atoms with Gasteiger partial charge in [0.2, 0.25) is 5.91 Å². The minimum absolute atomic E-state index is 0.0464. The standard InChI is InChI=1S/C34H49NO4/c1-29(2)12-14-34(35-16-8-9-26(35)38)15-13-33(7)27(22(34)19-29)23(37)17-25-31(5)18-21(20-36)28(39)30(3,4)24(31)10-11-32(25,33)6/h17,20,22,24,27,36H,8-16,18-19H2,1-7H3/b21-20-/t22-,24-,27-,31-,32+,33+,34-/m0/s1. The van der Waals surface area contributed by atoms with E-state index in [9.17, 15) is 19.5 Å². The van der Waals surface area contributed by atoms with Crippen LogP contribution in [0.5, 0.6) is 0 Å². The number of carbonyl (C=O) groups excluding carboxylic acids is 3. The molecule has 4 saturated carbocycles. The van der Waals surface area contributed by atoms with Gasteiger partial charge in [0.15, 0.2) is 11.6 Å². The Labute approximate surface area is 234 Å². The van der Waals surface area contributed by atoms with Crippen molar-refractivity contribution in [2.75, 3.05) is 6.54 Å². The zero-order chi connectivity index (χ0) is 28.4. The van der Waals surface area contributed by atoms with Crippen LogP contribution in [0, 0.1) is 44.8 Å². The number of aliphatic hydroxyl groups is 1. The second kappa shape index (κ2) is 8.10. The van der Waals surface area contributed by atoms with Gasteiger partial charge in [0.1, 0.15) is 0 Å². The van der Waals surface area contributed by atoms with Crippen LogP contribution in [0.3, 0.4) is 0 Å². The number of carbonyl (C=O) groups is 3. The molecule has 0 aromatic carbocycles. The maximum absolute atomic E-state index is 14.6. The minimum atomic E-state index is -0.588. The zero-order valence-corrected chi connectivity index (χ0v) is 25.3. The van der Waals surface area contributed by atoms with Crippen LogP contribution in [0.2, 0.25) is 0 Å². The number of ketones is 2. The molecule has 39 heavy (non-hydrogen) atoms. The van der Waals surface area contributed by atoms with E-state index < -0.39 is 5.41 Å². The van der Waals surface area contributed by atoms with Crippen molar-refractivity contribution in [1.82, 2.24) is 4.90 Å². The summed E-state index contributed by atoms with van der Waals surface area (Å²) in [5, 5.41) is 10.1. The highest BCUT2D eigenvalue weighted by Crippen LogP contribution is 2.74. The Morgan fingerprint density at radius 1 is 0.949 bits per heavy atom. The number of hydrogen-bond acceptors (Lipinski definition) is 4. The van der Waals surface area contributed by atoms with Gasteiger partial charge in [-0.25, -0.2) is 0 Å². The third kappa shape index (κ3) is 3.28. The molecule has 1 heterocycles. The maximum atomic E-state index is 14.6. The van der Waals surface area contributed by atoms with Crippen LogP contribution in [-0.2, 0) is 14.4 Å². The molecular formula is C34H49NO4. The maximum Gasteiger partial charge on any atom is 0.223 e. The van der Waals surface area contributed by atoms with Gasteiger partial charge in [-0.1, -0.05) is 54.0 Å². The molecule has 1 aliphatic heterocycles. The Kier molecular flexibility index (Phi) is 5.66. The van der Waals surface area contributed by atoms with Gasteiger partial charge in [-0.2, -0.15) is 0 Å². The molecule has 0 unspecified atom stereocenters. The fourth-order valence-corrected chi connectivity index (χ4v) is 11.5. The van der Waals surface area contributed by atoms with E-state index in [4.69, 9.17) is 0 Å². The highest BCUT2D eigenvalue weighted by molar-refractivity contribution is 6.01. The molecule has 0 radical (unpaired) electrons. The Hall–Kier alpha value is -1.91. The van der Waals surface area contributed by atoms with Crippen LogP contribution >= 0.6 is 0 Å². The Morgan fingerprint density at radius 3 is 2.28 bits per heavy atom. The van der Waals surface area contributed by atoms with E-state index >= 15 is 0 Å². The number of hydrogen-bond donors (Lipinski definition) is 1. The van der Waals surface area contributed by atoms with Crippen molar-refractivity contribution in [3.8, 4) is 0 Å². The summed E-state index contributed by atoms with van der Waals surface area (Å²) in [5.41, 5.74) is 0.348. The second-order valence-electron chi connectivity index (χ2n) is 16.3. The monoisotopic (exact) mass is 535 g/mol. The quantitative estimate of drug-likeness (QED) is 0.291. The number of likely N-dealkylation sites (tertiary alicyclic amines) is 1. The van der Waals surface area contributed by atoms with Crippen molar-refractivity contribution in [2.45, 2.75) is 118 Å².